The van der Waals surface area contributed by atoms with Crippen molar-refractivity contribution < 1.29 is 13.2 Å². The fraction of sp³-hybridized carbons (Fsp3) is 0.222. The number of hydrogen-bond donors (Lipinski definition) is 1. The number of hydrogen-bond acceptors (Lipinski definition) is 5. The van der Waals surface area contributed by atoms with Gasteiger partial charge in [-0.3, -0.25) is 14.3 Å². The highest BCUT2D eigenvalue weighted by atomic mass is 32.2. The Morgan fingerprint density at radius 2 is 1.52 bits per heavy atom. The minimum Gasteiger partial charge on any atom is -0.494 e. The van der Waals surface area contributed by atoms with Gasteiger partial charge in [-0.15, -0.1) is 0 Å². The normalized spacial score (nSPS) is 11.5. The molecule has 0 atom stereocenters. The van der Waals surface area contributed by atoms with Crippen LogP contribution in [0.15, 0.2) is 56.9 Å². The number of benzene rings is 2. The predicted molar refractivity (Wildman–Crippen MR) is 103 cm³/mol. The monoisotopic (exact) mass is 389 g/mol. The third-order valence-electron chi connectivity index (χ3n) is 4.19. The number of sulfonamides is 1. The standard InChI is InChI=1S/C18H19N3O5S/c1-4-26-13-7-5-12(6-8-13)19-27(24,25)14-9-10-15-16(11-14)21(3)18(23)17(22)20(15)2/h5-11,19H,4H2,1-3H3. The number of rotatable bonds is 5. The summed E-state index contributed by atoms with van der Waals surface area (Å²) in [6.45, 7) is 2.38. The number of nitrogens with zero attached hydrogens (tertiary/aromatic N) is 2. The summed E-state index contributed by atoms with van der Waals surface area (Å²) >= 11 is 0. The summed E-state index contributed by atoms with van der Waals surface area (Å²) in [5.41, 5.74) is -0.209. The molecule has 0 unspecified atom stereocenters. The Morgan fingerprint density at radius 3 is 2.11 bits per heavy atom. The van der Waals surface area contributed by atoms with Gasteiger partial charge >= 0.3 is 11.1 Å². The van der Waals surface area contributed by atoms with Crippen molar-refractivity contribution in [1.82, 2.24) is 9.13 Å². The molecule has 1 N–H and O–H groups in total. The molecule has 0 aliphatic rings. The average molecular weight is 389 g/mol. The molecule has 0 fully saturated rings. The lowest BCUT2D eigenvalue weighted by atomic mass is 10.3. The molecule has 9 heteroatoms. The maximum Gasteiger partial charge on any atom is 0.316 e. The molecular weight excluding hydrogens is 370 g/mol. The van der Waals surface area contributed by atoms with E-state index < -0.39 is 21.1 Å². The van der Waals surface area contributed by atoms with Crippen molar-refractivity contribution in [1.29, 1.82) is 0 Å². The molecule has 0 saturated carbocycles. The van der Waals surface area contributed by atoms with Crippen LogP contribution in [0.1, 0.15) is 6.92 Å². The summed E-state index contributed by atoms with van der Waals surface area (Å²) in [6.07, 6.45) is 0. The Labute approximate surface area is 155 Å². The molecule has 0 radical (unpaired) electrons. The number of nitrogens with one attached hydrogen (secondary N) is 1. The van der Waals surface area contributed by atoms with Gasteiger partial charge in [0.2, 0.25) is 0 Å². The highest BCUT2D eigenvalue weighted by molar-refractivity contribution is 7.92. The summed E-state index contributed by atoms with van der Waals surface area (Å²) in [7, 11) is -0.973. The molecule has 142 valence electrons. The van der Waals surface area contributed by atoms with E-state index in [1.165, 1.54) is 36.9 Å². The van der Waals surface area contributed by atoms with Crippen LogP contribution in [0.4, 0.5) is 5.69 Å². The van der Waals surface area contributed by atoms with Crippen molar-refractivity contribution in [2.45, 2.75) is 11.8 Å². The van der Waals surface area contributed by atoms with Crippen molar-refractivity contribution in [3.05, 3.63) is 63.2 Å². The van der Waals surface area contributed by atoms with E-state index in [-0.39, 0.29) is 4.90 Å². The molecule has 0 amide bonds. The summed E-state index contributed by atoms with van der Waals surface area (Å²) < 4.78 is 35.6. The maximum atomic E-state index is 12.7. The zero-order chi connectivity index (χ0) is 19.8. The van der Waals surface area contributed by atoms with Gasteiger partial charge in [0, 0.05) is 19.8 Å². The Balaban J connectivity index is 2.03. The third-order valence-corrected chi connectivity index (χ3v) is 5.57. The van der Waals surface area contributed by atoms with Crippen LogP contribution >= 0.6 is 0 Å². The first-order valence-corrected chi connectivity index (χ1v) is 9.68. The highest BCUT2D eigenvalue weighted by Gasteiger charge is 2.17. The number of anilines is 1. The van der Waals surface area contributed by atoms with E-state index in [1.807, 2.05) is 6.92 Å². The molecule has 0 aliphatic heterocycles. The van der Waals surface area contributed by atoms with Gasteiger partial charge in [0.15, 0.2) is 0 Å². The van der Waals surface area contributed by atoms with E-state index in [9.17, 15) is 18.0 Å². The first-order valence-electron chi connectivity index (χ1n) is 8.20. The molecule has 0 saturated heterocycles. The van der Waals surface area contributed by atoms with Crippen molar-refractivity contribution in [2.24, 2.45) is 14.1 Å². The average Bonchev–Trinajstić information content (AvgIpc) is 2.65. The molecule has 0 aliphatic carbocycles. The molecule has 1 aromatic heterocycles. The molecular formula is C18H19N3O5S. The zero-order valence-corrected chi connectivity index (χ0v) is 15.9. The van der Waals surface area contributed by atoms with Gasteiger partial charge in [-0.05, 0) is 49.4 Å². The minimum atomic E-state index is -3.88. The van der Waals surface area contributed by atoms with Crippen LogP contribution in [0.2, 0.25) is 0 Å². The van der Waals surface area contributed by atoms with Crippen LogP contribution in [0, 0.1) is 0 Å². The van der Waals surface area contributed by atoms with E-state index >= 15 is 0 Å². The molecule has 1 heterocycles. The Kier molecular flexibility index (Phi) is 4.79. The van der Waals surface area contributed by atoms with Crippen LogP contribution in [-0.2, 0) is 24.1 Å². The topological polar surface area (TPSA) is 99.4 Å². The SMILES string of the molecule is CCOc1ccc(NS(=O)(=O)c2ccc3c(c2)n(C)c(=O)c(=O)n3C)cc1. The highest BCUT2D eigenvalue weighted by Crippen LogP contribution is 2.21. The van der Waals surface area contributed by atoms with Crippen molar-refractivity contribution in [3.63, 3.8) is 0 Å². The lowest BCUT2D eigenvalue weighted by Crippen LogP contribution is -2.39. The largest absolute Gasteiger partial charge is 0.494 e. The molecule has 27 heavy (non-hydrogen) atoms. The van der Waals surface area contributed by atoms with Gasteiger partial charge in [-0.25, -0.2) is 8.42 Å². The molecule has 3 rings (SSSR count). The van der Waals surface area contributed by atoms with E-state index in [0.717, 1.165) is 4.57 Å². The van der Waals surface area contributed by atoms with Crippen LogP contribution in [-0.4, -0.2) is 24.2 Å². The summed E-state index contributed by atoms with van der Waals surface area (Å²) in [5.74, 6) is 0.641. The van der Waals surface area contributed by atoms with E-state index in [4.69, 9.17) is 4.74 Å². The molecule has 3 aromatic rings. The zero-order valence-electron chi connectivity index (χ0n) is 15.1. The van der Waals surface area contributed by atoms with Gasteiger partial charge in [0.25, 0.3) is 10.0 Å². The number of fused-ring (bicyclic) bond motifs is 1. The number of ether oxygens (including phenoxy) is 1. The fourth-order valence-electron chi connectivity index (χ4n) is 2.73. The van der Waals surface area contributed by atoms with Crippen molar-refractivity contribution in [2.75, 3.05) is 11.3 Å². The van der Waals surface area contributed by atoms with Gasteiger partial charge < -0.3 is 13.9 Å². The van der Waals surface area contributed by atoms with Crippen molar-refractivity contribution >= 4 is 26.7 Å². The van der Waals surface area contributed by atoms with Gasteiger partial charge in [-0.1, -0.05) is 0 Å². The van der Waals surface area contributed by atoms with Crippen LogP contribution in [0.5, 0.6) is 5.75 Å². The molecule has 2 aromatic carbocycles. The first-order chi connectivity index (χ1) is 12.7. The fourth-order valence-corrected chi connectivity index (χ4v) is 3.81. The third kappa shape index (κ3) is 3.45. The number of aromatic nitrogens is 2. The quantitative estimate of drug-likeness (QED) is 0.666. The summed E-state index contributed by atoms with van der Waals surface area (Å²) in [5, 5.41) is 0. The predicted octanol–water partition coefficient (Wildman–Crippen LogP) is 1.44. The Bertz CT molecular complexity index is 1220. The van der Waals surface area contributed by atoms with E-state index in [1.54, 1.807) is 24.3 Å². The second-order valence-electron chi connectivity index (χ2n) is 5.94. The molecule has 0 spiro atoms. The van der Waals surface area contributed by atoms with Crippen LogP contribution in [0.25, 0.3) is 11.0 Å². The summed E-state index contributed by atoms with van der Waals surface area (Å²) in [6, 6.07) is 10.8. The lowest BCUT2D eigenvalue weighted by molar-refractivity contribution is 0.340. The number of aryl methyl sites for hydroxylation is 2. The second kappa shape index (κ2) is 6.92. The maximum absolute atomic E-state index is 12.7. The minimum absolute atomic E-state index is 0.0162. The van der Waals surface area contributed by atoms with Gasteiger partial charge in [0.1, 0.15) is 5.75 Å². The van der Waals surface area contributed by atoms with E-state index in [2.05, 4.69) is 4.72 Å². The van der Waals surface area contributed by atoms with Gasteiger partial charge in [0.05, 0.1) is 22.5 Å². The van der Waals surface area contributed by atoms with E-state index in [0.29, 0.717) is 29.1 Å². The Hall–Kier alpha value is -3.07. The van der Waals surface area contributed by atoms with Crippen LogP contribution in [0.3, 0.4) is 0 Å². The van der Waals surface area contributed by atoms with Crippen LogP contribution < -0.4 is 20.6 Å². The van der Waals surface area contributed by atoms with Gasteiger partial charge in [-0.2, -0.15) is 0 Å². The first kappa shape index (κ1) is 18.7. The Morgan fingerprint density at radius 1 is 0.926 bits per heavy atom. The molecule has 0 bridgehead atoms. The molecule has 8 nitrogen and oxygen atoms in total. The smallest absolute Gasteiger partial charge is 0.316 e. The lowest BCUT2D eigenvalue weighted by Gasteiger charge is -2.12. The van der Waals surface area contributed by atoms with Crippen molar-refractivity contribution in [3.8, 4) is 5.75 Å². The summed E-state index contributed by atoms with van der Waals surface area (Å²) in [4.78, 5) is 23.9. The second-order valence-corrected chi connectivity index (χ2v) is 7.62.